The molecule has 2 fully saturated rings. The number of hydrogen-bond acceptors (Lipinski definition) is 6. The Labute approximate surface area is 117 Å². The molecule has 1 saturated heterocycles. The van der Waals surface area contributed by atoms with E-state index >= 15 is 0 Å². The number of nitrogens with zero attached hydrogens (tertiary/aromatic N) is 3. The van der Waals surface area contributed by atoms with Gasteiger partial charge < -0.3 is 21.1 Å². The SMILES string of the molecule is Nc1nc(NC2CC2)cc(N2CCCC2CC(=O)O)n1. The van der Waals surface area contributed by atoms with Crippen molar-refractivity contribution in [3.8, 4) is 0 Å². The molecule has 1 aromatic rings. The summed E-state index contributed by atoms with van der Waals surface area (Å²) in [7, 11) is 0. The van der Waals surface area contributed by atoms with Crippen molar-refractivity contribution in [2.24, 2.45) is 0 Å². The summed E-state index contributed by atoms with van der Waals surface area (Å²) in [6, 6.07) is 2.36. The summed E-state index contributed by atoms with van der Waals surface area (Å²) in [4.78, 5) is 21.4. The van der Waals surface area contributed by atoms with Crippen LogP contribution < -0.4 is 16.0 Å². The molecule has 0 spiro atoms. The lowest BCUT2D eigenvalue weighted by Crippen LogP contribution is -2.32. The van der Waals surface area contributed by atoms with E-state index in [1.54, 1.807) is 0 Å². The van der Waals surface area contributed by atoms with Crippen LogP contribution in [0.4, 0.5) is 17.6 Å². The maximum Gasteiger partial charge on any atom is 0.305 e. The van der Waals surface area contributed by atoms with Crippen LogP contribution in [-0.2, 0) is 4.79 Å². The predicted molar refractivity (Wildman–Crippen MR) is 75.7 cm³/mol. The Balaban J connectivity index is 1.80. The second kappa shape index (κ2) is 5.15. The number of carboxylic acid groups (broad SMARTS) is 1. The maximum absolute atomic E-state index is 10.9. The van der Waals surface area contributed by atoms with Crippen molar-refractivity contribution in [1.29, 1.82) is 0 Å². The fraction of sp³-hybridized carbons (Fsp3) is 0.615. The summed E-state index contributed by atoms with van der Waals surface area (Å²) in [6.07, 6.45) is 4.30. The third kappa shape index (κ3) is 2.92. The molecule has 2 heterocycles. The van der Waals surface area contributed by atoms with Crippen LogP contribution in [0.2, 0.25) is 0 Å². The molecule has 20 heavy (non-hydrogen) atoms. The maximum atomic E-state index is 10.9. The molecule has 1 atom stereocenters. The Morgan fingerprint density at radius 2 is 2.25 bits per heavy atom. The van der Waals surface area contributed by atoms with E-state index in [9.17, 15) is 4.79 Å². The predicted octanol–water partition coefficient (Wildman–Crippen LogP) is 1.08. The summed E-state index contributed by atoms with van der Waals surface area (Å²) in [5, 5.41) is 12.3. The van der Waals surface area contributed by atoms with Gasteiger partial charge in [0.1, 0.15) is 11.6 Å². The van der Waals surface area contributed by atoms with Gasteiger partial charge in [-0.3, -0.25) is 4.79 Å². The molecule has 1 aliphatic heterocycles. The number of anilines is 3. The molecule has 0 amide bonds. The summed E-state index contributed by atoms with van der Waals surface area (Å²) < 4.78 is 0. The first-order chi connectivity index (χ1) is 9.61. The highest BCUT2D eigenvalue weighted by Gasteiger charge is 2.29. The molecular formula is C13H19N5O2. The number of nitrogens with one attached hydrogen (secondary N) is 1. The molecule has 0 bridgehead atoms. The van der Waals surface area contributed by atoms with E-state index in [4.69, 9.17) is 10.8 Å². The van der Waals surface area contributed by atoms with Crippen molar-refractivity contribution >= 4 is 23.6 Å². The topological polar surface area (TPSA) is 104 Å². The number of carbonyl (C=O) groups is 1. The minimum absolute atomic E-state index is 0.00410. The zero-order valence-electron chi connectivity index (χ0n) is 11.2. The molecule has 108 valence electrons. The average Bonchev–Trinajstić information content (AvgIpc) is 3.05. The first kappa shape index (κ1) is 13.0. The van der Waals surface area contributed by atoms with Gasteiger partial charge in [-0.05, 0) is 25.7 Å². The van der Waals surface area contributed by atoms with E-state index in [1.165, 1.54) is 0 Å². The monoisotopic (exact) mass is 277 g/mol. The van der Waals surface area contributed by atoms with Crippen LogP contribution in [0, 0.1) is 0 Å². The van der Waals surface area contributed by atoms with Crippen molar-refractivity contribution in [2.75, 3.05) is 22.5 Å². The second-order valence-electron chi connectivity index (χ2n) is 5.48. The Kier molecular flexibility index (Phi) is 3.33. The van der Waals surface area contributed by atoms with Gasteiger partial charge in [0.15, 0.2) is 0 Å². The summed E-state index contributed by atoms with van der Waals surface area (Å²) in [5.74, 6) is 0.909. The Bertz CT molecular complexity index is 517. The van der Waals surface area contributed by atoms with Gasteiger partial charge in [0.05, 0.1) is 6.42 Å². The zero-order chi connectivity index (χ0) is 14.1. The highest BCUT2D eigenvalue weighted by molar-refractivity contribution is 5.69. The minimum atomic E-state index is -0.778. The van der Waals surface area contributed by atoms with Gasteiger partial charge in [0.25, 0.3) is 0 Å². The van der Waals surface area contributed by atoms with Gasteiger partial charge >= 0.3 is 5.97 Å². The third-order valence-corrected chi connectivity index (χ3v) is 3.74. The normalized spacial score (nSPS) is 22.0. The molecule has 0 radical (unpaired) electrons. The van der Waals surface area contributed by atoms with Crippen LogP contribution in [0.3, 0.4) is 0 Å². The number of nitrogen functional groups attached to an aromatic ring is 1. The summed E-state index contributed by atoms with van der Waals surface area (Å²) in [5.41, 5.74) is 5.76. The quantitative estimate of drug-likeness (QED) is 0.739. The molecule has 1 unspecified atom stereocenters. The first-order valence-electron chi connectivity index (χ1n) is 7.01. The molecule has 7 heteroatoms. The van der Waals surface area contributed by atoms with Crippen LogP contribution in [0.5, 0.6) is 0 Å². The van der Waals surface area contributed by atoms with E-state index < -0.39 is 5.97 Å². The Morgan fingerprint density at radius 3 is 2.95 bits per heavy atom. The van der Waals surface area contributed by atoms with Crippen LogP contribution in [0.1, 0.15) is 32.1 Å². The molecule has 0 aromatic carbocycles. The molecule has 1 aromatic heterocycles. The highest BCUT2D eigenvalue weighted by atomic mass is 16.4. The molecule has 1 aliphatic carbocycles. The second-order valence-corrected chi connectivity index (χ2v) is 5.48. The minimum Gasteiger partial charge on any atom is -0.481 e. The van der Waals surface area contributed by atoms with Crippen LogP contribution in [0.25, 0.3) is 0 Å². The lowest BCUT2D eigenvalue weighted by atomic mass is 10.1. The van der Waals surface area contributed by atoms with Crippen LogP contribution in [0.15, 0.2) is 6.07 Å². The first-order valence-corrected chi connectivity index (χ1v) is 7.01. The highest BCUT2D eigenvalue weighted by Crippen LogP contribution is 2.29. The number of nitrogens with two attached hydrogens (primary N) is 1. The fourth-order valence-electron chi connectivity index (χ4n) is 2.66. The van der Waals surface area contributed by atoms with Gasteiger partial charge in [-0.2, -0.15) is 9.97 Å². The lowest BCUT2D eigenvalue weighted by molar-refractivity contribution is -0.137. The number of aliphatic carboxylic acids is 1. The van der Waals surface area contributed by atoms with E-state index in [2.05, 4.69) is 15.3 Å². The van der Waals surface area contributed by atoms with Gasteiger partial charge in [0.2, 0.25) is 5.95 Å². The van der Waals surface area contributed by atoms with E-state index in [-0.39, 0.29) is 18.4 Å². The fourth-order valence-corrected chi connectivity index (χ4v) is 2.66. The van der Waals surface area contributed by atoms with E-state index in [0.717, 1.165) is 43.9 Å². The van der Waals surface area contributed by atoms with E-state index in [1.807, 2.05) is 11.0 Å². The van der Waals surface area contributed by atoms with Gasteiger partial charge in [0, 0.05) is 24.7 Å². The van der Waals surface area contributed by atoms with Crippen molar-refractivity contribution in [3.05, 3.63) is 6.07 Å². The van der Waals surface area contributed by atoms with Crippen molar-refractivity contribution < 1.29 is 9.90 Å². The molecule has 7 nitrogen and oxygen atoms in total. The van der Waals surface area contributed by atoms with Crippen LogP contribution in [-0.4, -0.2) is 39.7 Å². The van der Waals surface area contributed by atoms with Crippen molar-refractivity contribution in [3.63, 3.8) is 0 Å². The molecule has 2 aliphatic rings. The van der Waals surface area contributed by atoms with Gasteiger partial charge in [-0.25, -0.2) is 0 Å². The average molecular weight is 277 g/mol. The number of rotatable bonds is 5. The molecule has 3 rings (SSSR count). The lowest BCUT2D eigenvalue weighted by Gasteiger charge is -2.25. The van der Waals surface area contributed by atoms with Crippen LogP contribution >= 0.6 is 0 Å². The number of aromatic nitrogens is 2. The number of carboxylic acids is 1. The summed E-state index contributed by atoms with van der Waals surface area (Å²) in [6.45, 7) is 0.817. The van der Waals surface area contributed by atoms with Gasteiger partial charge in [-0.15, -0.1) is 0 Å². The van der Waals surface area contributed by atoms with Gasteiger partial charge in [-0.1, -0.05) is 0 Å². The number of hydrogen-bond donors (Lipinski definition) is 3. The molecule has 4 N–H and O–H groups in total. The third-order valence-electron chi connectivity index (χ3n) is 3.74. The smallest absolute Gasteiger partial charge is 0.305 e. The molecule has 1 saturated carbocycles. The standard InChI is InChI=1S/C13H19N5O2/c14-13-16-10(15-8-3-4-8)7-11(17-13)18-5-1-2-9(18)6-12(19)20/h7-9H,1-6H2,(H,19,20)(H3,14,15,16,17). The molecular weight excluding hydrogens is 258 g/mol. The largest absolute Gasteiger partial charge is 0.481 e. The van der Waals surface area contributed by atoms with E-state index in [0.29, 0.717) is 6.04 Å². The Hall–Kier alpha value is -2.05. The van der Waals surface area contributed by atoms with Crippen molar-refractivity contribution in [1.82, 2.24) is 9.97 Å². The van der Waals surface area contributed by atoms with Crippen molar-refractivity contribution in [2.45, 2.75) is 44.2 Å². The Morgan fingerprint density at radius 1 is 1.45 bits per heavy atom. The summed E-state index contributed by atoms with van der Waals surface area (Å²) >= 11 is 0. The zero-order valence-corrected chi connectivity index (χ0v) is 11.2.